The summed E-state index contributed by atoms with van der Waals surface area (Å²) in [5, 5.41) is 9.89. The summed E-state index contributed by atoms with van der Waals surface area (Å²) in [5.74, 6) is -1.41. The summed E-state index contributed by atoms with van der Waals surface area (Å²) in [6.45, 7) is 1.94. The molecule has 2 aromatic rings. The van der Waals surface area contributed by atoms with Gasteiger partial charge in [0.15, 0.2) is 0 Å². The van der Waals surface area contributed by atoms with E-state index >= 15 is 0 Å². The molecule has 0 aliphatic heterocycles. The summed E-state index contributed by atoms with van der Waals surface area (Å²) in [5.41, 5.74) is 3.45. The number of halogens is 1. The molecule has 0 aliphatic carbocycles. The van der Waals surface area contributed by atoms with E-state index in [2.05, 4.69) is 4.98 Å². The number of nitrogens with zero attached hydrogens (tertiary/aromatic N) is 1. The number of carboxylic acid groups (broad SMARTS) is 1. The van der Waals surface area contributed by atoms with E-state index < -0.39 is 11.9 Å². The molecule has 0 radical (unpaired) electrons. The highest BCUT2D eigenvalue weighted by Gasteiger charge is 2.22. The third-order valence-electron chi connectivity index (χ3n) is 3.08. The first kappa shape index (κ1) is 14.0. The van der Waals surface area contributed by atoms with Crippen molar-refractivity contribution in [2.75, 3.05) is 0 Å². The predicted molar refractivity (Wildman–Crippen MR) is 77.0 cm³/mol. The molecule has 1 N–H and O–H groups in total. The molecular formula is C14H14ClNO2S. The molecule has 0 spiro atoms. The number of aliphatic carboxylic acids is 1. The van der Waals surface area contributed by atoms with Crippen molar-refractivity contribution in [2.24, 2.45) is 0 Å². The molecule has 1 unspecified atom stereocenters. The normalized spacial score (nSPS) is 12.3. The highest BCUT2D eigenvalue weighted by atomic mass is 35.5. The van der Waals surface area contributed by atoms with Crippen LogP contribution in [0.3, 0.4) is 0 Å². The van der Waals surface area contributed by atoms with Gasteiger partial charge in [0.1, 0.15) is 0 Å². The van der Waals surface area contributed by atoms with Crippen molar-refractivity contribution in [1.82, 2.24) is 4.98 Å². The molecule has 1 aromatic carbocycles. The van der Waals surface area contributed by atoms with Gasteiger partial charge in [0.05, 0.1) is 17.1 Å². The van der Waals surface area contributed by atoms with Crippen LogP contribution in [0.2, 0.25) is 5.02 Å². The summed E-state index contributed by atoms with van der Waals surface area (Å²) in [4.78, 5) is 16.7. The van der Waals surface area contributed by atoms with Crippen LogP contribution in [0.4, 0.5) is 0 Å². The molecule has 0 amide bonds. The van der Waals surface area contributed by atoms with Gasteiger partial charge in [-0.15, -0.1) is 11.3 Å². The van der Waals surface area contributed by atoms with Crippen molar-refractivity contribution < 1.29 is 9.90 Å². The lowest BCUT2D eigenvalue weighted by molar-refractivity contribution is -0.138. The summed E-state index contributed by atoms with van der Waals surface area (Å²) in [6, 6.07) is 7.12. The van der Waals surface area contributed by atoms with Gasteiger partial charge in [-0.1, -0.05) is 29.8 Å². The maximum atomic E-state index is 11.4. The number of thiazole rings is 1. The number of benzene rings is 1. The number of rotatable bonds is 5. The Bertz CT molecular complexity index is 582. The lowest BCUT2D eigenvalue weighted by Crippen LogP contribution is -2.13. The maximum absolute atomic E-state index is 11.4. The van der Waals surface area contributed by atoms with E-state index in [1.165, 1.54) is 0 Å². The van der Waals surface area contributed by atoms with Crippen molar-refractivity contribution in [3.05, 3.63) is 50.9 Å². The topological polar surface area (TPSA) is 50.2 Å². The van der Waals surface area contributed by atoms with Crippen LogP contribution in [0.5, 0.6) is 0 Å². The molecule has 1 aromatic heterocycles. The van der Waals surface area contributed by atoms with Crippen LogP contribution >= 0.6 is 22.9 Å². The Morgan fingerprint density at radius 1 is 1.47 bits per heavy atom. The third kappa shape index (κ3) is 3.33. The molecule has 0 saturated heterocycles. The summed E-state index contributed by atoms with van der Waals surface area (Å²) >= 11 is 7.65. The summed E-state index contributed by atoms with van der Waals surface area (Å²) in [6.07, 6.45) is 1.24. The van der Waals surface area contributed by atoms with Crippen LogP contribution < -0.4 is 0 Å². The number of hydrogen-bond donors (Lipinski definition) is 1. The highest BCUT2D eigenvalue weighted by molar-refractivity contribution is 7.09. The molecule has 19 heavy (non-hydrogen) atoms. The smallest absolute Gasteiger partial charge is 0.311 e. The van der Waals surface area contributed by atoms with Crippen LogP contribution in [-0.2, 0) is 11.2 Å². The summed E-state index contributed by atoms with van der Waals surface area (Å²) < 4.78 is 0. The second-order valence-electron chi connectivity index (χ2n) is 4.31. The molecular weight excluding hydrogens is 282 g/mol. The fourth-order valence-corrected chi connectivity index (χ4v) is 3.08. The van der Waals surface area contributed by atoms with Crippen LogP contribution in [0.25, 0.3) is 0 Å². The van der Waals surface area contributed by atoms with Crippen molar-refractivity contribution >= 4 is 28.9 Å². The van der Waals surface area contributed by atoms with Crippen LogP contribution in [0.1, 0.15) is 28.5 Å². The molecule has 2 rings (SSSR count). The first-order valence-corrected chi connectivity index (χ1v) is 7.21. The van der Waals surface area contributed by atoms with Crippen molar-refractivity contribution in [2.45, 2.75) is 25.7 Å². The van der Waals surface area contributed by atoms with Crippen LogP contribution in [0, 0.1) is 6.92 Å². The minimum Gasteiger partial charge on any atom is -0.481 e. The van der Waals surface area contributed by atoms with Crippen molar-refractivity contribution in [1.29, 1.82) is 0 Å². The standard InChI is InChI=1S/C14H14ClNO2S/c1-9-13(19-8-16-9)7-6-11(14(17)18)10-4-2-3-5-12(10)15/h2-5,8,11H,6-7H2,1H3,(H,17,18). The highest BCUT2D eigenvalue weighted by Crippen LogP contribution is 2.29. The number of carboxylic acids is 1. The van der Waals surface area contributed by atoms with Crippen molar-refractivity contribution in [3.8, 4) is 0 Å². The SMILES string of the molecule is Cc1ncsc1CCC(C(=O)O)c1ccccc1Cl. The largest absolute Gasteiger partial charge is 0.481 e. The molecule has 100 valence electrons. The van der Waals surface area contributed by atoms with Gasteiger partial charge in [0.25, 0.3) is 0 Å². The van der Waals surface area contributed by atoms with E-state index in [0.29, 0.717) is 23.4 Å². The van der Waals surface area contributed by atoms with Gasteiger partial charge in [-0.2, -0.15) is 0 Å². The Labute approximate surface area is 120 Å². The van der Waals surface area contributed by atoms with Gasteiger partial charge in [-0.3, -0.25) is 4.79 Å². The number of hydrogen-bond acceptors (Lipinski definition) is 3. The minimum atomic E-state index is -0.838. The molecule has 1 atom stereocenters. The molecule has 5 heteroatoms. The molecule has 0 saturated carbocycles. The molecule has 0 aliphatic rings. The van der Waals surface area contributed by atoms with Gasteiger partial charge >= 0.3 is 5.97 Å². The number of carbonyl (C=O) groups is 1. The molecule has 0 bridgehead atoms. The number of aromatic nitrogens is 1. The zero-order valence-corrected chi connectivity index (χ0v) is 12.0. The summed E-state index contributed by atoms with van der Waals surface area (Å²) in [7, 11) is 0. The molecule has 1 heterocycles. The number of aryl methyl sites for hydroxylation is 2. The Balaban J connectivity index is 2.16. The monoisotopic (exact) mass is 295 g/mol. The fourth-order valence-electron chi connectivity index (χ4n) is 2.01. The maximum Gasteiger partial charge on any atom is 0.311 e. The first-order chi connectivity index (χ1) is 9.09. The van der Waals surface area contributed by atoms with Gasteiger partial charge in [-0.25, -0.2) is 4.98 Å². The average Bonchev–Trinajstić information content (AvgIpc) is 2.77. The van der Waals surface area contributed by atoms with E-state index in [4.69, 9.17) is 11.6 Å². The molecule has 3 nitrogen and oxygen atoms in total. The van der Waals surface area contributed by atoms with E-state index in [1.54, 1.807) is 35.0 Å². The van der Waals surface area contributed by atoms with Gasteiger partial charge < -0.3 is 5.11 Å². The lowest BCUT2D eigenvalue weighted by atomic mass is 9.94. The van der Waals surface area contributed by atoms with Gasteiger partial charge in [0, 0.05) is 9.90 Å². The Morgan fingerprint density at radius 2 is 2.21 bits per heavy atom. The quantitative estimate of drug-likeness (QED) is 0.910. The van der Waals surface area contributed by atoms with E-state index in [9.17, 15) is 9.90 Å². The van der Waals surface area contributed by atoms with Crippen LogP contribution in [0.15, 0.2) is 29.8 Å². The van der Waals surface area contributed by atoms with Gasteiger partial charge in [-0.05, 0) is 31.4 Å². The lowest BCUT2D eigenvalue weighted by Gasteiger charge is -2.13. The van der Waals surface area contributed by atoms with Crippen molar-refractivity contribution in [3.63, 3.8) is 0 Å². The predicted octanol–water partition coefficient (Wildman–Crippen LogP) is 3.91. The zero-order chi connectivity index (χ0) is 13.8. The van der Waals surface area contributed by atoms with Gasteiger partial charge in [0.2, 0.25) is 0 Å². The van der Waals surface area contributed by atoms with E-state index in [0.717, 1.165) is 10.6 Å². The molecule has 0 fully saturated rings. The van der Waals surface area contributed by atoms with E-state index in [-0.39, 0.29) is 0 Å². The minimum absolute atomic E-state index is 0.510. The van der Waals surface area contributed by atoms with E-state index in [1.807, 2.05) is 13.0 Å². The Morgan fingerprint density at radius 3 is 2.79 bits per heavy atom. The average molecular weight is 296 g/mol. The fraction of sp³-hybridized carbons (Fsp3) is 0.286. The zero-order valence-electron chi connectivity index (χ0n) is 10.5. The second-order valence-corrected chi connectivity index (χ2v) is 5.66. The third-order valence-corrected chi connectivity index (χ3v) is 4.42. The second kappa shape index (κ2) is 6.17. The first-order valence-electron chi connectivity index (χ1n) is 5.95. The Hall–Kier alpha value is -1.39. The van der Waals surface area contributed by atoms with Crippen LogP contribution in [-0.4, -0.2) is 16.1 Å². The Kier molecular flexibility index (Phi) is 4.56.